The van der Waals surface area contributed by atoms with Gasteiger partial charge in [-0.05, 0) is 57.5 Å². The number of ether oxygens (including phenoxy) is 2. The lowest BCUT2D eigenvalue weighted by Crippen LogP contribution is -2.43. The van der Waals surface area contributed by atoms with E-state index in [1.165, 1.54) is 12.0 Å². The van der Waals surface area contributed by atoms with E-state index in [0.29, 0.717) is 40.9 Å². The Bertz CT molecular complexity index is 1940. The second kappa shape index (κ2) is 16.8. The fourth-order valence-corrected chi connectivity index (χ4v) is 6.26. The first kappa shape index (κ1) is 38.7. The molecule has 15 heteroatoms. The van der Waals surface area contributed by atoms with E-state index in [2.05, 4.69) is 20.9 Å². The van der Waals surface area contributed by atoms with Crippen molar-refractivity contribution < 1.29 is 33.0 Å². The fourth-order valence-electron chi connectivity index (χ4n) is 5.69. The fraction of sp³-hybridized carbons (Fsp3) is 0.351. The van der Waals surface area contributed by atoms with Crippen molar-refractivity contribution in [1.82, 2.24) is 25.5 Å². The summed E-state index contributed by atoms with van der Waals surface area (Å²) in [6.45, 7) is 5.79. The first-order valence-electron chi connectivity index (χ1n) is 16.6. The number of carbonyl (C=O) groups excluding carboxylic acids is 2. The minimum atomic E-state index is -0.730. The smallest absolute Gasteiger partial charge is 0.410 e. The van der Waals surface area contributed by atoms with Gasteiger partial charge >= 0.3 is 6.09 Å². The van der Waals surface area contributed by atoms with Crippen LogP contribution in [-0.2, 0) is 22.6 Å². The summed E-state index contributed by atoms with van der Waals surface area (Å²) in [4.78, 5) is 35.8. The maximum absolute atomic E-state index is 15.3. The molecule has 52 heavy (non-hydrogen) atoms. The maximum Gasteiger partial charge on any atom is 0.410 e. The molecule has 2 aromatic carbocycles. The number of hydrogen-bond donors (Lipinski definition) is 4. The van der Waals surface area contributed by atoms with E-state index in [4.69, 9.17) is 42.8 Å². The van der Waals surface area contributed by atoms with Crippen molar-refractivity contribution in [3.05, 3.63) is 87.5 Å². The summed E-state index contributed by atoms with van der Waals surface area (Å²) >= 11 is 13.8. The van der Waals surface area contributed by atoms with Gasteiger partial charge in [0, 0.05) is 66.6 Å². The van der Waals surface area contributed by atoms with E-state index < -0.39 is 23.3 Å². The molecule has 1 atom stereocenters. The number of nitrogens with one attached hydrogen (secondary N) is 3. The number of benzene rings is 2. The molecule has 1 fully saturated rings. The zero-order chi connectivity index (χ0) is 37.6. The number of halogens is 4. The Morgan fingerprint density at radius 3 is 2.56 bits per heavy atom. The lowest BCUT2D eigenvalue weighted by Gasteiger charge is -2.29. The molecule has 276 valence electrons. The monoisotopic (exact) mass is 756 g/mol. The normalized spacial score (nSPS) is 14.2. The summed E-state index contributed by atoms with van der Waals surface area (Å²) in [7, 11) is 1.47. The highest BCUT2D eigenvalue weighted by Gasteiger charge is 2.29. The molecule has 0 spiro atoms. The topological polar surface area (TPSA) is 138 Å². The number of aliphatic hydroxyl groups is 1. The van der Waals surface area contributed by atoms with Crippen LogP contribution in [0.2, 0.25) is 10.0 Å². The first-order chi connectivity index (χ1) is 24.8. The van der Waals surface area contributed by atoms with E-state index in [0.717, 1.165) is 12.1 Å². The Labute approximate surface area is 310 Å². The van der Waals surface area contributed by atoms with E-state index >= 15 is 4.39 Å². The van der Waals surface area contributed by atoms with Crippen LogP contribution in [0, 0.1) is 11.6 Å². The van der Waals surface area contributed by atoms with Gasteiger partial charge in [0.1, 0.15) is 11.4 Å². The Kier molecular flexibility index (Phi) is 12.5. The van der Waals surface area contributed by atoms with Gasteiger partial charge < -0.3 is 35.4 Å². The van der Waals surface area contributed by atoms with Gasteiger partial charge in [0.15, 0.2) is 5.82 Å². The van der Waals surface area contributed by atoms with E-state index in [9.17, 15) is 14.0 Å². The molecular weight excluding hydrogens is 717 g/mol. The van der Waals surface area contributed by atoms with Gasteiger partial charge in [-0.25, -0.2) is 18.6 Å². The summed E-state index contributed by atoms with van der Waals surface area (Å²) in [6, 6.07) is 12.1. The SMILES string of the molecule is COc1nc(-c2ccnc(-c3cccc(Nc4cc(F)cc(CNCCO)c4F)c3Cl)c2Cl)ccc1CN(C[C@@H]1CCC(=O)N1)C(=O)OC(C)(C)C. The Morgan fingerprint density at radius 2 is 1.87 bits per heavy atom. The van der Waals surface area contributed by atoms with E-state index in [1.54, 1.807) is 63.4 Å². The highest BCUT2D eigenvalue weighted by atomic mass is 35.5. The maximum atomic E-state index is 15.3. The molecule has 4 N–H and O–H groups in total. The summed E-state index contributed by atoms with van der Waals surface area (Å²) in [5.74, 6) is -1.13. The van der Waals surface area contributed by atoms with Crippen LogP contribution in [0.4, 0.5) is 25.0 Å². The lowest BCUT2D eigenvalue weighted by molar-refractivity contribution is -0.119. The third kappa shape index (κ3) is 9.45. The molecule has 1 aliphatic heterocycles. The molecule has 0 unspecified atom stereocenters. The second-order valence-corrected chi connectivity index (χ2v) is 13.9. The summed E-state index contributed by atoms with van der Waals surface area (Å²) in [5.41, 5.74) is 1.83. The molecule has 5 rings (SSSR count). The molecule has 3 heterocycles. The number of amides is 2. The van der Waals surface area contributed by atoms with Crippen LogP contribution in [0.1, 0.15) is 44.7 Å². The zero-order valence-electron chi connectivity index (χ0n) is 29.2. The number of aliphatic hydroxyl groups excluding tert-OH is 1. The molecule has 0 radical (unpaired) electrons. The highest BCUT2D eigenvalue weighted by Crippen LogP contribution is 2.41. The van der Waals surface area contributed by atoms with Gasteiger partial charge in [-0.1, -0.05) is 35.3 Å². The van der Waals surface area contributed by atoms with Crippen LogP contribution in [0.5, 0.6) is 5.88 Å². The van der Waals surface area contributed by atoms with Crippen molar-refractivity contribution in [1.29, 1.82) is 0 Å². The van der Waals surface area contributed by atoms with Crippen LogP contribution in [0.25, 0.3) is 22.5 Å². The predicted molar refractivity (Wildman–Crippen MR) is 196 cm³/mol. The molecule has 0 saturated carbocycles. The molecule has 1 saturated heterocycles. The minimum Gasteiger partial charge on any atom is -0.481 e. The van der Waals surface area contributed by atoms with Gasteiger partial charge in [-0.2, -0.15) is 0 Å². The standard InChI is InChI=1S/C37H40Cl2F2N6O5/c1-37(2,3)52-36(50)47(20-24-9-11-30(49)44-24)19-21-8-10-27(46-35(21)51-4)25-12-13-43-34(32(25)39)26-6-5-7-28(31(26)38)45-29-17-23(40)16-22(33(29)41)18-42-14-15-48/h5-8,10,12-13,16-17,24,42,45,48H,9,11,14-15,18-20H2,1-4H3,(H,44,49)/t24-/m0/s1. The number of anilines is 2. The predicted octanol–water partition coefficient (Wildman–Crippen LogP) is 7.25. The Balaban J connectivity index is 1.42. The molecule has 11 nitrogen and oxygen atoms in total. The third-order valence-corrected chi connectivity index (χ3v) is 8.87. The molecular formula is C37H40Cl2F2N6O5. The van der Waals surface area contributed by atoms with Gasteiger partial charge in [0.25, 0.3) is 0 Å². The molecule has 2 aromatic heterocycles. The van der Waals surface area contributed by atoms with Crippen molar-refractivity contribution in [3.63, 3.8) is 0 Å². The number of pyridine rings is 2. The largest absolute Gasteiger partial charge is 0.481 e. The number of carbonyl (C=O) groups is 2. The van der Waals surface area contributed by atoms with Crippen molar-refractivity contribution >= 4 is 46.6 Å². The first-order valence-corrected chi connectivity index (χ1v) is 17.3. The molecule has 1 aliphatic rings. The lowest BCUT2D eigenvalue weighted by atomic mass is 10.0. The molecule has 2 amide bonds. The van der Waals surface area contributed by atoms with Crippen LogP contribution in [0.3, 0.4) is 0 Å². The Hall–Kier alpha value is -4.56. The third-order valence-electron chi connectivity index (χ3n) is 8.08. The van der Waals surface area contributed by atoms with E-state index in [1.807, 2.05) is 0 Å². The average molecular weight is 758 g/mol. The Morgan fingerprint density at radius 1 is 1.08 bits per heavy atom. The number of aromatic nitrogens is 2. The van der Waals surface area contributed by atoms with Crippen LogP contribution < -0.4 is 20.7 Å². The van der Waals surface area contributed by atoms with Crippen LogP contribution in [-0.4, -0.2) is 70.4 Å². The molecule has 0 aliphatic carbocycles. The quantitative estimate of drug-likeness (QED) is 0.104. The van der Waals surface area contributed by atoms with Crippen molar-refractivity contribution in [2.24, 2.45) is 0 Å². The van der Waals surface area contributed by atoms with E-state index in [-0.39, 0.29) is 77.6 Å². The molecule has 0 bridgehead atoms. The van der Waals surface area contributed by atoms with Crippen LogP contribution in [0.15, 0.2) is 54.7 Å². The number of rotatable bonds is 13. The number of methoxy groups -OCH3 is 1. The van der Waals surface area contributed by atoms with Gasteiger partial charge in [0.2, 0.25) is 11.8 Å². The number of hydrogen-bond acceptors (Lipinski definition) is 9. The average Bonchev–Trinajstić information content (AvgIpc) is 3.51. The van der Waals surface area contributed by atoms with Crippen molar-refractivity contribution in [2.45, 2.75) is 58.3 Å². The summed E-state index contributed by atoms with van der Waals surface area (Å²) < 4.78 is 41.1. The van der Waals surface area contributed by atoms with Crippen molar-refractivity contribution in [2.75, 3.05) is 32.1 Å². The summed E-state index contributed by atoms with van der Waals surface area (Å²) in [5, 5.41) is 18.0. The van der Waals surface area contributed by atoms with Gasteiger partial charge in [-0.15, -0.1) is 0 Å². The van der Waals surface area contributed by atoms with Crippen LogP contribution >= 0.6 is 23.2 Å². The molecule has 4 aromatic rings. The minimum absolute atomic E-state index is 0.0147. The highest BCUT2D eigenvalue weighted by molar-refractivity contribution is 6.39. The summed E-state index contributed by atoms with van der Waals surface area (Å²) in [6.07, 6.45) is 2.01. The van der Waals surface area contributed by atoms with Gasteiger partial charge in [0.05, 0.1) is 53.1 Å². The number of nitrogens with zero attached hydrogens (tertiary/aromatic N) is 3. The van der Waals surface area contributed by atoms with Gasteiger partial charge in [-0.3, -0.25) is 9.78 Å². The zero-order valence-corrected chi connectivity index (χ0v) is 30.7. The van der Waals surface area contributed by atoms with Crippen molar-refractivity contribution in [3.8, 4) is 28.4 Å². The second-order valence-electron chi connectivity index (χ2n) is 13.2.